The molecule has 1 amide bonds. The quantitative estimate of drug-likeness (QED) is 0.690. The van der Waals surface area contributed by atoms with Gasteiger partial charge in [-0.1, -0.05) is 0 Å². The Hall–Kier alpha value is -1.06. The molecule has 4 nitrogen and oxygen atoms in total. The molecule has 2 saturated carbocycles. The molecule has 16 heavy (non-hydrogen) atoms. The van der Waals surface area contributed by atoms with E-state index in [1.54, 1.807) is 0 Å². The SMILES string of the molecule is O=C(O)CCCC(=O)NC(C1CC1)C1CC1. The highest BCUT2D eigenvalue weighted by Gasteiger charge is 2.41. The Morgan fingerprint density at radius 3 is 2.12 bits per heavy atom. The molecule has 0 bridgehead atoms. The van der Waals surface area contributed by atoms with Crippen molar-refractivity contribution in [1.29, 1.82) is 0 Å². The monoisotopic (exact) mass is 225 g/mol. The second-order valence-electron chi connectivity index (χ2n) is 5.02. The summed E-state index contributed by atoms with van der Waals surface area (Å²) in [7, 11) is 0. The van der Waals surface area contributed by atoms with E-state index >= 15 is 0 Å². The first-order chi connectivity index (χ1) is 7.66. The molecule has 0 aromatic carbocycles. The molecular weight excluding hydrogens is 206 g/mol. The fraction of sp³-hybridized carbons (Fsp3) is 0.833. The summed E-state index contributed by atoms with van der Waals surface area (Å²) >= 11 is 0. The van der Waals surface area contributed by atoms with E-state index in [4.69, 9.17) is 5.11 Å². The topological polar surface area (TPSA) is 66.4 Å². The zero-order chi connectivity index (χ0) is 11.5. The molecule has 0 aromatic heterocycles. The molecular formula is C12H19NO3. The van der Waals surface area contributed by atoms with Gasteiger partial charge in [0, 0.05) is 18.9 Å². The van der Waals surface area contributed by atoms with E-state index in [1.165, 1.54) is 25.7 Å². The number of amides is 1. The van der Waals surface area contributed by atoms with Crippen LogP contribution in [-0.2, 0) is 9.59 Å². The lowest BCUT2D eigenvalue weighted by Gasteiger charge is -2.17. The summed E-state index contributed by atoms with van der Waals surface area (Å²) in [6, 6.07) is 0.386. The minimum Gasteiger partial charge on any atom is -0.481 e. The van der Waals surface area contributed by atoms with Gasteiger partial charge in [0.15, 0.2) is 0 Å². The van der Waals surface area contributed by atoms with Crippen molar-refractivity contribution in [3.05, 3.63) is 0 Å². The van der Waals surface area contributed by atoms with Crippen molar-refractivity contribution in [2.75, 3.05) is 0 Å². The summed E-state index contributed by atoms with van der Waals surface area (Å²) in [4.78, 5) is 21.9. The predicted molar refractivity (Wildman–Crippen MR) is 58.9 cm³/mol. The lowest BCUT2D eigenvalue weighted by molar-refractivity contribution is -0.137. The standard InChI is InChI=1S/C12H19NO3/c14-10(2-1-3-11(15)16)13-12(8-4-5-8)9-6-7-9/h8-9,12H,1-7H2,(H,13,14)(H,15,16). The third-order valence-electron chi connectivity index (χ3n) is 3.38. The Kier molecular flexibility index (Phi) is 3.46. The summed E-state index contributed by atoms with van der Waals surface area (Å²) in [6.07, 6.45) is 5.87. The molecule has 2 N–H and O–H groups in total. The molecule has 0 aliphatic heterocycles. The molecule has 0 spiro atoms. The fourth-order valence-corrected chi connectivity index (χ4v) is 2.19. The molecule has 2 aliphatic rings. The second kappa shape index (κ2) is 4.85. The van der Waals surface area contributed by atoms with Crippen molar-refractivity contribution in [2.24, 2.45) is 11.8 Å². The number of hydrogen-bond acceptors (Lipinski definition) is 2. The number of carbonyl (C=O) groups is 2. The van der Waals surface area contributed by atoms with Crippen LogP contribution in [0.2, 0.25) is 0 Å². The summed E-state index contributed by atoms with van der Waals surface area (Å²) in [5.74, 6) is 0.616. The third-order valence-corrected chi connectivity index (χ3v) is 3.38. The van der Waals surface area contributed by atoms with Crippen LogP contribution in [0.1, 0.15) is 44.9 Å². The van der Waals surface area contributed by atoms with Crippen LogP contribution in [0.15, 0.2) is 0 Å². The minimum absolute atomic E-state index is 0.0325. The Balaban J connectivity index is 1.66. The largest absolute Gasteiger partial charge is 0.481 e. The lowest BCUT2D eigenvalue weighted by atomic mass is 10.1. The molecule has 0 saturated heterocycles. The van der Waals surface area contributed by atoms with Crippen molar-refractivity contribution in [2.45, 2.75) is 51.0 Å². The maximum absolute atomic E-state index is 11.6. The van der Waals surface area contributed by atoms with E-state index in [2.05, 4.69) is 5.32 Å². The van der Waals surface area contributed by atoms with Crippen molar-refractivity contribution in [3.63, 3.8) is 0 Å². The number of nitrogens with one attached hydrogen (secondary N) is 1. The first kappa shape index (κ1) is 11.4. The Bertz CT molecular complexity index is 270. The molecule has 2 fully saturated rings. The Labute approximate surface area is 95.4 Å². The first-order valence-corrected chi connectivity index (χ1v) is 6.18. The van der Waals surface area contributed by atoms with Crippen LogP contribution in [0.3, 0.4) is 0 Å². The lowest BCUT2D eigenvalue weighted by Crippen LogP contribution is -2.37. The fourth-order valence-electron chi connectivity index (χ4n) is 2.19. The van der Waals surface area contributed by atoms with Crippen LogP contribution in [0.5, 0.6) is 0 Å². The molecule has 0 heterocycles. The maximum atomic E-state index is 11.6. The van der Waals surface area contributed by atoms with Crippen LogP contribution < -0.4 is 5.32 Å². The average Bonchev–Trinajstić information content (AvgIpc) is 3.06. The van der Waals surface area contributed by atoms with Gasteiger partial charge in [0.25, 0.3) is 0 Å². The number of aliphatic carboxylic acids is 1. The van der Waals surface area contributed by atoms with Crippen LogP contribution in [0, 0.1) is 11.8 Å². The minimum atomic E-state index is -0.825. The smallest absolute Gasteiger partial charge is 0.303 e. The predicted octanol–water partition coefficient (Wildman–Crippen LogP) is 1.55. The van der Waals surface area contributed by atoms with Gasteiger partial charge < -0.3 is 10.4 Å². The van der Waals surface area contributed by atoms with Crippen LogP contribution in [-0.4, -0.2) is 23.0 Å². The number of hydrogen-bond donors (Lipinski definition) is 2. The number of rotatable bonds is 7. The Morgan fingerprint density at radius 1 is 1.12 bits per heavy atom. The molecule has 2 rings (SSSR count). The molecule has 0 radical (unpaired) electrons. The summed E-state index contributed by atoms with van der Waals surface area (Å²) in [5.41, 5.74) is 0. The summed E-state index contributed by atoms with van der Waals surface area (Å²) < 4.78 is 0. The van der Waals surface area contributed by atoms with E-state index in [0.29, 0.717) is 30.7 Å². The summed E-state index contributed by atoms with van der Waals surface area (Å²) in [6.45, 7) is 0. The van der Waals surface area contributed by atoms with Gasteiger partial charge in [-0.15, -0.1) is 0 Å². The van der Waals surface area contributed by atoms with Gasteiger partial charge in [-0.2, -0.15) is 0 Å². The zero-order valence-electron chi connectivity index (χ0n) is 9.45. The van der Waals surface area contributed by atoms with Crippen LogP contribution in [0.4, 0.5) is 0 Å². The summed E-state index contributed by atoms with van der Waals surface area (Å²) in [5, 5.41) is 11.6. The molecule has 0 unspecified atom stereocenters. The highest BCUT2D eigenvalue weighted by atomic mass is 16.4. The molecule has 2 aliphatic carbocycles. The maximum Gasteiger partial charge on any atom is 0.303 e. The molecule has 0 aromatic rings. The normalized spacial score (nSPS) is 19.8. The van der Waals surface area contributed by atoms with Gasteiger partial charge in [-0.3, -0.25) is 9.59 Å². The second-order valence-corrected chi connectivity index (χ2v) is 5.02. The molecule has 0 atom stereocenters. The van der Waals surface area contributed by atoms with Gasteiger partial charge in [-0.05, 0) is 43.9 Å². The highest BCUT2D eigenvalue weighted by Crippen LogP contribution is 2.44. The first-order valence-electron chi connectivity index (χ1n) is 6.18. The number of carboxylic acid groups (broad SMARTS) is 1. The van der Waals surface area contributed by atoms with Gasteiger partial charge >= 0.3 is 5.97 Å². The van der Waals surface area contributed by atoms with E-state index in [0.717, 1.165) is 0 Å². The van der Waals surface area contributed by atoms with Gasteiger partial charge in [0.05, 0.1) is 0 Å². The number of carboxylic acids is 1. The number of carbonyl (C=O) groups excluding carboxylic acids is 1. The Morgan fingerprint density at radius 2 is 1.69 bits per heavy atom. The zero-order valence-corrected chi connectivity index (χ0v) is 9.45. The molecule has 90 valence electrons. The van der Waals surface area contributed by atoms with Crippen molar-refractivity contribution >= 4 is 11.9 Å². The van der Waals surface area contributed by atoms with Gasteiger partial charge in [0.2, 0.25) is 5.91 Å². The van der Waals surface area contributed by atoms with E-state index in [1.807, 2.05) is 0 Å². The molecule has 4 heteroatoms. The van der Waals surface area contributed by atoms with Gasteiger partial charge in [-0.25, -0.2) is 0 Å². The van der Waals surface area contributed by atoms with Gasteiger partial charge in [0.1, 0.15) is 0 Å². The van der Waals surface area contributed by atoms with Crippen molar-refractivity contribution < 1.29 is 14.7 Å². The van der Waals surface area contributed by atoms with Crippen LogP contribution >= 0.6 is 0 Å². The van der Waals surface area contributed by atoms with Crippen LogP contribution in [0.25, 0.3) is 0 Å². The van der Waals surface area contributed by atoms with Crippen molar-refractivity contribution in [1.82, 2.24) is 5.32 Å². The third kappa shape index (κ3) is 3.51. The van der Waals surface area contributed by atoms with Crippen molar-refractivity contribution in [3.8, 4) is 0 Å². The highest BCUT2D eigenvalue weighted by molar-refractivity contribution is 5.77. The van der Waals surface area contributed by atoms with E-state index < -0.39 is 5.97 Å². The van der Waals surface area contributed by atoms with E-state index in [-0.39, 0.29) is 12.3 Å². The average molecular weight is 225 g/mol. The van der Waals surface area contributed by atoms with E-state index in [9.17, 15) is 9.59 Å².